The molecule has 0 radical (unpaired) electrons. The molecule has 2 rings (SSSR count). The highest BCUT2D eigenvalue weighted by Crippen LogP contribution is 2.17. The molecule has 0 spiro atoms. The van der Waals surface area contributed by atoms with Crippen LogP contribution < -0.4 is 10.5 Å². The molecule has 2 heterocycles. The van der Waals surface area contributed by atoms with Crippen LogP contribution in [0, 0.1) is 0 Å². The van der Waals surface area contributed by atoms with Crippen LogP contribution in [0.5, 0.6) is 0 Å². The number of sulfonamides is 1. The van der Waals surface area contributed by atoms with Gasteiger partial charge < -0.3 is 5.73 Å². The van der Waals surface area contributed by atoms with Crippen LogP contribution in [-0.2, 0) is 16.4 Å². The molecular formula is C12H15N3O2S2. The Morgan fingerprint density at radius 1 is 1.47 bits per heavy atom. The summed E-state index contributed by atoms with van der Waals surface area (Å²) in [5, 5.41) is 3.97. The van der Waals surface area contributed by atoms with Gasteiger partial charge in [0.2, 0.25) is 10.0 Å². The van der Waals surface area contributed by atoms with Crippen molar-refractivity contribution in [2.75, 3.05) is 5.73 Å². The predicted octanol–water partition coefficient (Wildman–Crippen LogP) is 1.63. The third-order valence-corrected chi connectivity index (χ3v) is 4.95. The van der Waals surface area contributed by atoms with E-state index >= 15 is 0 Å². The summed E-state index contributed by atoms with van der Waals surface area (Å²) in [5.74, 6) is 0. The molecule has 19 heavy (non-hydrogen) atoms. The van der Waals surface area contributed by atoms with Crippen LogP contribution in [-0.4, -0.2) is 19.4 Å². The molecule has 102 valence electrons. The molecule has 0 fully saturated rings. The monoisotopic (exact) mass is 297 g/mol. The van der Waals surface area contributed by atoms with Crippen molar-refractivity contribution < 1.29 is 8.42 Å². The molecule has 0 aliphatic heterocycles. The lowest BCUT2D eigenvalue weighted by Gasteiger charge is -2.14. The van der Waals surface area contributed by atoms with Gasteiger partial charge >= 0.3 is 0 Å². The maximum Gasteiger partial charge on any atom is 0.244 e. The summed E-state index contributed by atoms with van der Waals surface area (Å²) >= 11 is 1.59. The van der Waals surface area contributed by atoms with Gasteiger partial charge in [-0.3, -0.25) is 4.98 Å². The molecule has 0 bridgehead atoms. The second-order valence-corrected chi connectivity index (χ2v) is 6.73. The lowest BCUT2D eigenvalue weighted by Crippen LogP contribution is -2.34. The highest BCUT2D eigenvalue weighted by Gasteiger charge is 2.20. The van der Waals surface area contributed by atoms with Crippen LogP contribution >= 0.6 is 11.3 Å². The Labute approximate surface area is 116 Å². The largest absolute Gasteiger partial charge is 0.398 e. The fourth-order valence-corrected chi connectivity index (χ4v) is 3.75. The summed E-state index contributed by atoms with van der Waals surface area (Å²) < 4.78 is 26.9. The number of pyridine rings is 1. The molecule has 0 saturated heterocycles. The molecule has 0 amide bonds. The number of anilines is 1. The lowest BCUT2D eigenvalue weighted by atomic mass is 10.1. The number of hydrogen-bond acceptors (Lipinski definition) is 5. The van der Waals surface area contributed by atoms with Gasteiger partial charge in [-0.1, -0.05) is 0 Å². The van der Waals surface area contributed by atoms with Gasteiger partial charge in [0, 0.05) is 18.4 Å². The van der Waals surface area contributed by atoms with Gasteiger partial charge in [-0.05, 0) is 41.8 Å². The number of aromatic nitrogens is 1. The lowest BCUT2D eigenvalue weighted by molar-refractivity contribution is 0.560. The number of nitrogens with one attached hydrogen (secondary N) is 1. The third kappa shape index (κ3) is 3.52. The summed E-state index contributed by atoms with van der Waals surface area (Å²) in [7, 11) is -3.63. The van der Waals surface area contributed by atoms with Gasteiger partial charge in [0.15, 0.2) is 0 Å². The van der Waals surface area contributed by atoms with Crippen molar-refractivity contribution in [2.24, 2.45) is 0 Å². The Kier molecular flexibility index (Phi) is 4.18. The van der Waals surface area contributed by atoms with E-state index in [-0.39, 0.29) is 16.6 Å². The number of rotatable bonds is 5. The van der Waals surface area contributed by atoms with Crippen molar-refractivity contribution >= 4 is 27.0 Å². The molecule has 7 heteroatoms. The van der Waals surface area contributed by atoms with E-state index in [0.29, 0.717) is 6.42 Å². The smallest absolute Gasteiger partial charge is 0.244 e. The van der Waals surface area contributed by atoms with Crippen LogP contribution in [0.4, 0.5) is 5.69 Å². The van der Waals surface area contributed by atoms with Crippen LogP contribution in [0.25, 0.3) is 0 Å². The van der Waals surface area contributed by atoms with Crippen LogP contribution in [0.2, 0.25) is 0 Å². The first-order chi connectivity index (χ1) is 8.99. The van der Waals surface area contributed by atoms with E-state index in [1.54, 1.807) is 11.3 Å². The van der Waals surface area contributed by atoms with Gasteiger partial charge in [-0.25, -0.2) is 13.1 Å². The summed E-state index contributed by atoms with van der Waals surface area (Å²) in [4.78, 5) is 3.82. The van der Waals surface area contributed by atoms with Crippen molar-refractivity contribution in [3.8, 4) is 0 Å². The van der Waals surface area contributed by atoms with Crippen molar-refractivity contribution in [3.63, 3.8) is 0 Å². The zero-order valence-electron chi connectivity index (χ0n) is 10.4. The molecule has 5 nitrogen and oxygen atoms in total. The van der Waals surface area contributed by atoms with Crippen LogP contribution in [0.15, 0.2) is 40.2 Å². The van der Waals surface area contributed by atoms with Gasteiger partial charge in [0.1, 0.15) is 4.90 Å². The van der Waals surface area contributed by atoms with E-state index in [9.17, 15) is 8.42 Å². The van der Waals surface area contributed by atoms with Crippen molar-refractivity contribution in [1.82, 2.24) is 9.71 Å². The third-order valence-electron chi connectivity index (χ3n) is 2.58. The fraction of sp³-hybridized carbons (Fsp3) is 0.250. The highest BCUT2D eigenvalue weighted by molar-refractivity contribution is 7.89. The zero-order chi connectivity index (χ0) is 13.9. The topological polar surface area (TPSA) is 85.1 Å². The second-order valence-electron chi connectivity index (χ2n) is 4.27. The molecule has 2 aromatic rings. The number of hydrogen-bond donors (Lipinski definition) is 2. The Morgan fingerprint density at radius 3 is 2.89 bits per heavy atom. The molecule has 0 aliphatic rings. The van der Waals surface area contributed by atoms with Gasteiger partial charge in [0.25, 0.3) is 0 Å². The van der Waals surface area contributed by atoms with E-state index in [0.717, 1.165) is 5.56 Å². The van der Waals surface area contributed by atoms with Crippen molar-refractivity contribution in [3.05, 3.63) is 40.8 Å². The first kappa shape index (κ1) is 14.0. The van der Waals surface area contributed by atoms with Crippen molar-refractivity contribution in [2.45, 2.75) is 24.3 Å². The number of nitrogen functional groups attached to an aromatic ring is 1. The van der Waals surface area contributed by atoms with Gasteiger partial charge in [0.05, 0.1) is 5.69 Å². The van der Waals surface area contributed by atoms with E-state index in [2.05, 4.69) is 9.71 Å². The van der Waals surface area contributed by atoms with E-state index in [4.69, 9.17) is 5.73 Å². The Morgan fingerprint density at radius 2 is 2.26 bits per heavy atom. The van der Waals surface area contributed by atoms with E-state index in [1.807, 2.05) is 23.8 Å². The van der Waals surface area contributed by atoms with Gasteiger partial charge in [-0.2, -0.15) is 11.3 Å². The zero-order valence-corrected chi connectivity index (χ0v) is 12.0. The number of nitrogens with zero attached hydrogens (tertiary/aromatic N) is 1. The van der Waals surface area contributed by atoms with Crippen molar-refractivity contribution in [1.29, 1.82) is 0 Å². The fourth-order valence-electron chi connectivity index (χ4n) is 1.75. The Bertz CT molecular complexity index is 639. The summed E-state index contributed by atoms with van der Waals surface area (Å²) in [5.41, 5.74) is 6.97. The normalized spacial score (nSPS) is 13.3. The van der Waals surface area contributed by atoms with E-state index < -0.39 is 10.0 Å². The SMILES string of the molecule is CC(Cc1ccsc1)NS(=O)(=O)c1cnccc1N. The minimum Gasteiger partial charge on any atom is -0.398 e. The predicted molar refractivity (Wildman–Crippen MR) is 76.5 cm³/mol. The van der Waals surface area contributed by atoms with Crippen LogP contribution in [0.1, 0.15) is 12.5 Å². The quantitative estimate of drug-likeness (QED) is 0.878. The maximum absolute atomic E-state index is 12.2. The first-order valence-corrected chi connectivity index (χ1v) is 8.14. The van der Waals surface area contributed by atoms with Crippen LogP contribution in [0.3, 0.4) is 0 Å². The molecule has 0 saturated carbocycles. The Balaban J connectivity index is 2.11. The molecule has 1 unspecified atom stereocenters. The Hall–Kier alpha value is -1.44. The molecule has 2 aromatic heterocycles. The molecule has 3 N–H and O–H groups in total. The average Bonchev–Trinajstić information content (AvgIpc) is 2.81. The maximum atomic E-state index is 12.2. The summed E-state index contributed by atoms with van der Waals surface area (Å²) in [6.45, 7) is 1.82. The molecule has 0 aliphatic carbocycles. The standard InChI is InChI=1S/C12H15N3O2S2/c1-9(6-10-3-5-18-8-10)15-19(16,17)12-7-14-4-2-11(12)13/h2-5,7-9,15H,6H2,1H3,(H2,13,14). The molecular weight excluding hydrogens is 282 g/mol. The number of nitrogens with two attached hydrogens (primary N) is 1. The minimum absolute atomic E-state index is 0.0205. The summed E-state index contributed by atoms with van der Waals surface area (Å²) in [6.07, 6.45) is 3.36. The number of thiophene rings is 1. The highest BCUT2D eigenvalue weighted by atomic mass is 32.2. The first-order valence-electron chi connectivity index (χ1n) is 5.72. The summed E-state index contributed by atoms with van der Waals surface area (Å²) in [6, 6.07) is 3.24. The molecule has 1 atom stereocenters. The average molecular weight is 297 g/mol. The molecule has 0 aromatic carbocycles. The van der Waals surface area contributed by atoms with Gasteiger partial charge in [-0.15, -0.1) is 0 Å². The minimum atomic E-state index is -3.63. The van der Waals surface area contributed by atoms with E-state index in [1.165, 1.54) is 18.5 Å². The second kappa shape index (κ2) is 5.68.